The lowest BCUT2D eigenvalue weighted by Crippen LogP contribution is -2.21. The maximum Gasteiger partial charge on any atom is 0.0387 e. The van der Waals surface area contributed by atoms with Crippen molar-refractivity contribution in [2.45, 2.75) is 18.9 Å². The second kappa shape index (κ2) is 4.32. The molecule has 0 bridgehead atoms. The average molecular weight is 255 g/mol. The molecule has 0 spiro atoms. The molecule has 0 saturated heterocycles. The molecule has 0 saturated carbocycles. The van der Waals surface area contributed by atoms with E-state index in [0.29, 0.717) is 6.04 Å². The zero-order chi connectivity index (χ0) is 9.97. The van der Waals surface area contributed by atoms with Crippen molar-refractivity contribution < 1.29 is 0 Å². The third-order valence-electron chi connectivity index (χ3n) is 2.67. The molecular weight excluding hydrogens is 240 g/mol. The summed E-state index contributed by atoms with van der Waals surface area (Å²) in [5.41, 5.74) is 2.72. The molecule has 1 aliphatic rings. The summed E-state index contributed by atoms with van der Waals surface area (Å²) in [4.78, 5) is 0. The number of halogens is 1. The van der Waals surface area contributed by atoms with E-state index in [0.717, 1.165) is 13.0 Å². The van der Waals surface area contributed by atoms with Crippen LogP contribution in [-0.4, -0.2) is 19.6 Å². The van der Waals surface area contributed by atoms with Crippen LogP contribution >= 0.6 is 15.9 Å². The highest BCUT2D eigenvalue weighted by Crippen LogP contribution is 2.32. The number of nitrogens with one attached hydrogen (secondary N) is 2. The number of fused-ring (bicyclic) bond motifs is 1. The highest BCUT2D eigenvalue weighted by molar-refractivity contribution is 9.10. The molecule has 0 aromatic heterocycles. The van der Waals surface area contributed by atoms with Gasteiger partial charge in [-0.15, -0.1) is 0 Å². The van der Waals surface area contributed by atoms with Crippen LogP contribution in [0, 0.1) is 0 Å². The molecule has 2 nitrogen and oxygen atoms in total. The van der Waals surface area contributed by atoms with Crippen molar-refractivity contribution >= 4 is 21.6 Å². The lowest BCUT2D eigenvalue weighted by molar-refractivity contribution is 0.634. The van der Waals surface area contributed by atoms with Crippen molar-refractivity contribution in [3.8, 4) is 0 Å². The summed E-state index contributed by atoms with van der Waals surface area (Å²) in [6, 6.07) is 6.94. The molecule has 14 heavy (non-hydrogen) atoms. The number of benzene rings is 1. The fourth-order valence-electron chi connectivity index (χ4n) is 1.91. The van der Waals surface area contributed by atoms with E-state index in [1.165, 1.54) is 22.1 Å². The molecule has 0 fully saturated rings. The van der Waals surface area contributed by atoms with Gasteiger partial charge in [-0.25, -0.2) is 0 Å². The SMILES string of the molecule is CNCCC1Cc2c(Br)cccc2N1. The van der Waals surface area contributed by atoms with Crippen molar-refractivity contribution in [3.63, 3.8) is 0 Å². The summed E-state index contributed by atoms with van der Waals surface area (Å²) in [7, 11) is 2.00. The van der Waals surface area contributed by atoms with Crippen LogP contribution in [0.1, 0.15) is 12.0 Å². The highest BCUT2D eigenvalue weighted by atomic mass is 79.9. The molecule has 0 amide bonds. The first-order chi connectivity index (χ1) is 6.81. The Balaban J connectivity index is 2.06. The molecule has 0 aliphatic carbocycles. The van der Waals surface area contributed by atoms with E-state index in [9.17, 15) is 0 Å². The molecule has 1 heterocycles. The first kappa shape index (κ1) is 9.99. The zero-order valence-electron chi connectivity index (χ0n) is 8.31. The van der Waals surface area contributed by atoms with Crippen molar-refractivity contribution in [1.29, 1.82) is 0 Å². The second-order valence-corrected chi connectivity index (χ2v) is 4.56. The largest absolute Gasteiger partial charge is 0.382 e. The van der Waals surface area contributed by atoms with Crippen LogP contribution in [0.25, 0.3) is 0 Å². The lowest BCUT2D eigenvalue weighted by atomic mass is 10.1. The first-order valence-electron chi connectivity index (χ1n) is 5.00. The molecule has 2 rings (SSSR count). The maximum absolute atomic E-state index is 3.59. The van der Waals surface area contributed by atoms with Crippen LogP contribution in [0.15, 0.2) is 22.7 Å². The van der Waals surface area contributed by atoms with Gasteiger partial charge in [-0.1, -0.05) is 22.0 Å². The summed E-state index contributed by atoms with van der Waals surface area (Å²) >= 11 is 3.59. The quantitative estimate of drug-likeness (QED) is 0.866. The van der Waals surface area contributed by atoms with Gasteiger partial charge in [0.15, 0.2) is 0 Å². The normalized spacial score (nSPS) is 19.1. The van der Waals surface area contributed by atoms with Gasteiger partial charge in [0.1, 0.15) is 0 Å². The van der Waals surface area contributed by atoms with Gasteiger partial charge < -0.3 is 10.6 Å². The van der Waals surface area contributed by atoms with E-state index in [1.54, 1.807) is 0 Å². The smallest absolute Gasteiger partial charge is 0.0387 e. The molecular formula is C11H15BrN2. The second-order valence-electron chi connectivity index (χ2n) is 3.70. The predicted octanol–water partition coefficient (Wildman–Crippen LogP) is 2.40. The van der Waals surface area contributed by atoms with Crippen LogP contribution in [0.5, 0.6) is 0 Å². The molecule has 1 aliphatic heterocycles. The molecule has 1 unspecified atom stereocenters. The first-order valence-corrected chi connectivity index (χ1v) is 5.79. The minimum absolute atomic E-state index is 0.594. The van der Waals surface area contributed by atoms with E-state index in [-0.39, 0.29) is 0 Å². The topological polar surface area (TPSA) is 24.1 Å². The number of rotatable bonds is 3. The van der Waals surface area contributed by atoms with E-state index < -0.39 is 0 Å². The Morgan fingerprint density at radius 2 is 2.43 bits per heavy atom. The standard InChI is InChI=1S/C11H15BrN2/c1-13-6-5-8-7-9-10(12)3-2-4-11(9)14-8/h2-4,8,13-14H,5-7H2,1H3. The average Bonchev–Trinajstić information content (AvgIpc) is 2.59. The molecule has 3 heteroatoms. The number of hydrogen-bond acceptors (Lipinski definition) is 2. The van der Waals surface area contributed by atoms with Crippen LogP contribution < -0.4 is 10.6 Å². The monoisotopic (exact) mass is 254 g/mol. The Bertz CT molecular complexity index is 325. The Morgan fingerprint density at radius 1 is 1.57 bits per heavy atom. The summed E-state index contributed by atoms with van der Waals surface area (Å²) in [5, 5.41) is 6.72. The third-order valence-corrected chi connectivity index (χ3v) is 3.41. The molecule has 1 aromatic carbocycles. The van der Waals surface area contributed by atoms with Crippen molar-refractivity contribution in [2.75, 3.05) is 18.9 Å². The van der Waals surface area contributed by atoms with Gasteiger partial charge in [0, 0.05) is 16.2 Å². The van der Waals surface area contributed by atoms with Crippen molar-refractivity contribution in [3.05, 3.63) is 28.2 Å². The summed E-state index contributed by atoms with van der Waals surface area (Å²) < 4.78 is 1.23. The summed E-state index contributed by atoms with van der Waals surface area (Å²) in [6.07, 6.45) is 2.32. The van der Waals surface area contributed by atoms with Crippen LogP contribution in [0.2, 0.25) is 0 Å². The van der Waals surface area contributed by atoms with Crippen LogP contribution in [0.3, 0.4) is 0 Å². The minimum Gasteiger partial charge on any atom is -0.382 e. The van der Waals surface area contributed by atoms with Crippen molar-refractivity contribution in [2.24, 2.45) is 0 Å². The van der Waals surface area contributed by atoms with E-state index in [2.05, 4.69) is 44.8 Å². The minimum atomic E-state index is 0.594. The van der Waals surface area contributed by atoms with E-state index in [1.807, 2.05) is 7.05 Å². The molecule has 1 atom stereocenters. The van der Waals surface area contributed by atoms with Gasteiger partial charge >= 0.3 is 0 Å². The van der Waals surface area contributed by atoms with Crippen molar-refractivity contribution in [1.82, 2.24) is 5.32 Å². The third kappa shape index (κ3) is 1.93. The van der Waals surface area contributed by atoms with Gasteiger partial charge in [-0.05, 0) is 44.1 Å². The predicted molar refractivity (Wildman–Crippen MR) is 63.8 cm³/mol. The number of hydrogen-bond donors (Lipinski definition) is 2. The highest BCUT2D eigenvalue weighted by Gasteiger charge is 2.21. The van der Waals surface area contributed by atoms with Gasteiger partial charge in [-0.3, -0.25) is 0 Å². The van der Waals surface area contributed by atoms with Gasteiger partial charge in [0.25, 0.3) is 0 Å². The van der Waals surface area contributed by atoms with Gasteiger partial charge in [-0.2, -0.15) is 0 Å². The fraction of sp³-hybridized carbons (Fsp3) is 0.455. The Morgan fingerprint density at radius 3 is 3.14 bits per heavy atom. The lowest BCUT2D eigenvalue weighted by Gasteiger charge is -2.09. The molecule has 1 aromatic rings. The summed E-state index contributed by atoms with van der Waals surface area (Å²) in [6.45, 7) is 1.07. The fourth-order valence-corrected chi connectivity index (χ4v) is 2.44. The number of anilines is 1. The Hall–Kier alpha value is -0.540. The van der Waals surface area contributed by atoms with Crippen LogP contribution in [-0.2, 0) is 6.42 Å². The van der Waals surface area contributed by atoms with Crippen LogP contribution in [0.4, 0.5) is 5.69 Å². The van der Waals surface area contributed by atoms with Gasteiger partial charge in [0.2, 0.25) is 0 Å². The Kier molecular flexibility index (Phi) is 3.08. The molecule has 0 radical (unpaired) electrons. The van der Waals surface area contributed by atoms with E-state index in [4.69, 9.17) is 0 Å². The van der Waals surface area contributed by atoms with Gasteiger partial charge in [0.05, 0.1) is 0 Å². The van der Waals surface area contributed by atoms with E-state index >= 15 is 0 Å². The summed E-state index contributed by atoms with van der Waals surface area (Å²) in [5.74, 6) is 0. The maximum atomic E-state index is 3.59. The Labute approximate surface area is 93.2 Å². The zero-order valence-corrected chi connectivity index (χ0v) is 9.89. The molecule has 76 valence electrons. The molecule has 2 N–H and O–H groups in total.